The summed E-state index contributed by atoms with van der Waals surface area (Å²) >= 11 is 0. The predicted molar refractivity (Wildman–Crippen MR) is 86.1 cm³/mol. The largest absolute Gasteiger partial charge is 0.385 e. The first-order valence-electron chi connectivity index (χ1n) is 7.31. The Labute approximate surface area is 128 Å². The van der Waals surface area contributed by atoms with Crippen molar-refractivity contribution in [3.8, 4) is 0 Å². The maximum Gasteiger partial charge on any atom is 0.242 e. The van der Waals surface area contributed by atoms with E-state index in [4.69, 9.17) is 4.74 Å². The summed E-state index contributed by atoms with van der Waals surface area (Å²) in [7, 11) is -1.78. The minimum Gasteiger partial charge on any atom is -0.385 e. The first kappa shape index (κ1) is 17.9. The minimum atomic E-state index is -3.47. The highest BCUT2D eigenvalue weighted by molar-refractivity contribution is 7.89. The molecule has 5 nitrogen and oxygen atoms in total. The summed E-state index contributed by atoms with van der Waals surface area (Å²) in [6.07, 6.45) is 3.06. The highest BCUT2D eigenvalue weighted by atomic mass is 32.2. The summed E-state index contributed by atoms with van der Waals surface area (Å²) < 4.78 is 32.1. The van der Waals surface area contributed by atoms with Crippen LogP contribution in [0.2, 0.25) is 0 Å². The minimum absolute atomic E-state index is 0.128. The number of hydrogen-bond donors (Lipinski definition) is 2. The van der Waals surface area contributed by atoms with E-state index in [1.54, 1.807) is 25.3 Å². The van der Waals surface area contributed by atoms with Gasteiger partial charge in [0.15, 0.2) is 0 Å². The SMILES string of the molecule is COCCCCCNc1ccccc1S(=O)(=O)NC(C)C. The Morgan fingerprint density at radius 2 is 1.86 bits per heavy atom. The number of benzene rings is 1. The molecule has 0 amide bonds. The van der Waals surface area contributed by atoms with Crippen molar-refractivity contribution in [2.45, 2.75) is 44.0 Å². The lowest BCUT2D eigenvalue weighted by Gasteiger charge is -2.14. The normalized spacial score (nSPS) is 11.8. The van der Waals surface area contributed by atoms with Crippen LogP contribution < -0.4 is 10.0 Å². The average Bonchev–Trinajstić information content (AvgIpc) is 2.41. The zero-order valence-electron chi connectivity index (χ0n) is 13.1. The molecule has 2 N–H and O–H groups in total. The van der Waals surface area contributed by atoms with Gasteiger partial charge in [0.1, 0.15) is 4.90 Å². The second-order valence-electron chi connectivity index (χ2n) is 5.25. The van der Waals surface area contributed by atoms with Gasteiger partial charge in [-0.3, -0.25) is 0 Å². The number of sulfonamides is 1. The Morgan fingerprint density at radius 3 is 2.52 bits per heavy atom. The van der Waals surface area contributed by atoms with Crippen LogP contribution in [0.15, 0.2) is 29.2 Å². The second kappa shape index (κ2) is 9.02. The van der Waals surface area contributed by atoms with Crippen LogP contribution in [-0.2, 0) is 14.8 Å². The van der Waals surface area contributed by atoms with Gasteiger partial charge in [-0.25, -0.2) is 13.1 Å². The Bertz CT molecular complexity index is 515. The molecular formula is C15H26N2O3S. The van der Waals surface area contributed by atoms with E-state index in [1.165, 1.54) is 0 Å². The topological polar surface area (TPSA) is 67.4 Å². The third kappa shape index (κ3) is 6.46. The maximum atomic E-state index is 12.3. The number of anilines is 1. The number of ether oxygens (including phenoxy) is 1. The number of unbranched alkanes of at least 4 members (excludes halogenated alkanes) is 2. The van der Waals surface area contributed by atoms with Gasteiger partial charge in [-0.2, -0.15) is 0 Å². The van der Waals surface area contributed by atoms with Gasteiger partial charge in [-0.15, -0.1) is 0 Å². The van der Waals surface area contributed by atoms with Crippen LogP contribution in [0.25, 0.3) is 0 Å². The quantitative estimate of drug-likeness (QED) is 0.651. The van der Waals surface area contributed by atoms with Crippen molar-refractivity contribution in [1.29, 1.82) is 0 Å². The van der Waals surface area contributed by atoms with Crippen LogP contribution in [-0.4, -0.2) is 34.7 Å². The molecule has 0 aliphatic heterocycles. The Hall–Kier alpha value is -1.11. The summed E-state index contributed by atoms with van der Waals surface area (Å²) in [5.74, 6) is 0. The molecule has 0 atom stereocenters. The summed E-state index contributed by atoms with van der Waals surface area (Å²) in [4.78, 5) is 0.301. The summed E-state index contributed by atoms with van der Waals surface area (Å²) in [6, 6.07) is 6.86. The van der Waals surface area contributed by atoms with Gasteiger partial charge in [0.05, 0.1) is 5.69 Å². The Kier molecular flexibility index (Phi) is 7.71. The standard InChI is InChI=1S/C15H26N2O3S/c1-13(2)17-21(18,19)15-10-6-5-9-14(15)16-11-7-4-8-12-20-3/h5-6,9-10,13,16-17H,4,7-8,11-12H2,1-3H3. The van der Waals surface area contributed by atoms with Crippen molar-refractivity contribution in [2.75, 3.05) is 25.6 Å². The van der Waals surface area contributed by atoms with Crippen molar-refractivity contribution in [3.05, 3.63) is 24.3 Å². The van der Waals surface area contributed by atoms with Crippen molar-refractivity contribution in [2.24, 2.45) is 0 Å². The van der Waals surface area contributed by atoms with Gasteiger partial charge in [-0.05, 0) is 45.2 Å². The van der Waals surface area contributed by atoms with Crippen molar-refractivity contribution < 1.29 is 13.2 Å². The highest BCUT2D eigenvalue weighted by Gasteiger charge is 2.18. The highest BCUT2D eigenvalue weighted by Crippen LogP contribution is 2.21. The van der Waals surface area contributed by atoms with Crippen LogP contribution in [0, 0.1) is 0 Å². The number of methoxy groups -OCH3 is 1. The molecule has 0 unspecified atom stereocenters. The molecule has 120 valence electrons. The summed E-state index contributed by atoms with van der Waals surface area (Å²) in [5.41, 5.74) is 0.650. The van der Waals surface area contributed by atoms with E-state index < -0.39 is 10.0 Å². The fourth-order valence-corrected chi connectivity index (χ4v) is 3.43. The molecule has 0 radical (unpaired) electrons. The molecule has 0 bridgehead atoms. The number of hydrogen-bond acceptors (Lipinski definition) is 4. The smallest absolute Gasteiger partial charge is 0.242 e. The van der Waals surface area contributed by atoms with Crippen LogP contribution in [0.5, 0.6) is 0 Å². The maximum absolute atomic E-state index is 12.3. The zero-order chi connectivity index (χ0) is 15.7. The molecule has 1 aromatic carbocycles. The molecule has 0 spiro atoms. The van der Waals surface area contributed by atoms with E-state index in [0.717, 1.165) is 32.4 Å². The number of rotatable bonds is 10. The van der Waals surface area contributed by atoms with Crippen LogP contribution in [0.4, 0.5) is 5.69 Å². The number of nitrogens with one attached hydrogen (secondary N) is 2. The lowest BCUT2D eigenvalue weighted by molar-refractivity contribution is 0.192. The molecule has 1 aromatic rings. The Balaban J connectivity index is 2.63. The van der Waals surface area contributed by atoms with Gasteiger partial charge >= 0.3 is 0 Å². The van der Waals surface area contributed by atoms with E-state index in [-0.39, 0.29) is 6.04 Å². The van der Waals surface area contributed by atoms with Gasteiger partial charge < -0.3 is 10.1 Å². The molecule has 0 aromatic heterocycles. The van der Waals surface area contributed by atoms with Gasteiger partial charge in [0.2, 0.25) is 10.0 Å². The van der Waals surface area contributed by atoms with E-state index >= 15 is 0 Å². The van der Waals surface area contributed by atoms with E-state index in [1.807, 2.05) is 19.9 Å². The first-order chi connectivity index (χ1) is 9.97. The molecule has 0 aliphatic carbocycles. The molecule has 1 rings (SSSR count). The fraction of sp³-hybridized carbons (Fsp3) is 0.600. The summed E-state index contributed by atoms with van der Waals surface area (Å²) in [6.45, 7) is 5.13. The van der Waals surface area contributed by atoms with Crippen LogP contribution >= 0.6 is 0 Å². The zero-order valence-corrected chi connectivity index (χ0v) is 13.9. The molecule has 0 fully saturated rings. The molecule has 0 saturated carbocycles. The predicted octanol–water partition coefficient (Wildman–Crippen LogP) is 2.60. The van der Waals surface area contributed by atoms with Crippen molar-refractivity contribution >= 4 is 15.7 Å². The van der Waals surface area contributed by atoms with Crippen LogP contribution in [0.1, 0.15) is 33.1 Å². The molecule has 0 heterocycles. The van der Waals surface area contributed by atoms with Crippen molar-refractivity contribution in [3.63, 3.8) is 0 Å². The van der Waals surface area contributed by atoms with E-state index in [2.05, 4.69) is 10.0 Å². The fourth-order valence-electron chi connectivity index (χ4n) is 1.99. The van der Waals surface area contributed by atoms with Crippen LogP contribution in [0.3, 0.4) is 0 Å². The monoisotopic (exact) mass is 314 g/mol. The third-order valence-corrected chi connectivity index (χ3v) is 4.62. The van der Waals surface area contributed by atoms with Crippen molar-refractivity contribution in [1.82, 2.24) is 4.72 Å². The molecule has 0 aliphatic rings. The van der Waals surface area contributed by atoms with E-state index in [0.29, 0.717) is 10.6 Å². The Morgan fingerprint density at radius 1 is 1.14 bits per heavy atom. The lowest BCUT2D eigenvalue weighted by atomic mass is 10.2. The molecule has 21 heavy (non-hydrogen) atoms. The lowest BCUT2D eigenvalue weighted by Crippen LogP contribution is -2.30. The molecular weight excluding hydrogens is 288 g/mol. The van der Waals surface area contributed by atoms with Gasteiger partial charge in [0.25, 0.3) is 0 Å². The average molecular weight is 314 g/mol. The second-order valence-corrected chi connectivity index (χ2v) is 6.93. The first-order valence-corrected chi connectivity index (χ1v) is 8.80. The third-order valence-electron chi connectivity index (χ3n) is 2.91. The molecule has 0 saturated heterocycles. The van der Waals surface area contributed by atoms with Gasteiger partial charge in [-0.1, -0.05) is 12.1 Å². The van der Waals surface area contributed by atoms with E-state index in [9.17, 15) is 8.42 Å². The summed E-state index contributed by atoms with van der Waals surface area (Å²) in [5, 5.41) is 3.21. The number of para-hydroxylation sites is 1. The van der Waals surface area contributed by atoms with Gasteiger partial charge in [0, 0.05) is 26.3 Å². The molecule has 6 heteroatoms.